The monoisotopic (exact) mass is 518 g/mol. The Morgan fingerprint density at radius 2 is 1.76 bits per heavy atom. The van der Waals surface area contributed by atoms with Crippen LogP contribution in [0.25, 0.3) is 27.4 Å². The lowest BCUT2D eigenvalue weighted by atomic mass is 10.1. The van der Waals surface area contributed by atoms with Gasteiger partial charge in [-0.1, -0.05) is 71.1 Å². The van der Waals surface area contributed by atoms with E-state index in [4.69, 9.17) is 29.1 Å². The number of hydrogen-bond donors (Lipinski definition) is 1. The molecule has 1 aliphatic heterocycles. The zero-order chi connectivity index (χ0) is 23.8. The third-order valence-electron chi connectivity index (χ3n) is 5.05. The van der Waals surface area contributed by atoms with E-state index in [2.05, 4.69) is 84.2 Å². The topological polar surface area (TPSA) is 84.6 Å². The van der Waals surface area contributed by atoms with Crippen LogP contribution in [0.15, 0.2) is 76.7 Å². The maximum absolute atomic E-state index is 8.63. The third-order valence-corrected chi connectivity index (χ3v) is 7.58. The second kappa shape index (κ2) is 9.46. The van der Waals surface area contributed by atoms with Crippen molar-refractivity contribution in [3.05, 3.63) is 81.8 Å². The first kappa shape index (κ1) is 23.7. The van der Waals surface area contributed by atoms with Gasteiger partial charge in [-0.2, -0.15) is 4.57 Å². The molecule has 0 amide bonds. The van der Waals surface area contributed by atoms with E-state index in [9.17, 15) is 0 Å². The van der Waals surface area contributed by atoms with Crippen LogP contribution in [0.3, 0.4) is 0 Å². The van der Waals surface area contributed by atoms with E-state index in [1.807, 2.05) is 23.9 Å². The van der Waals surface area contributed by atoms with E-state index in [-0.39, 0.29) is 0 Å². The van der Waals surface area contributed by atoms with Crippen molar-refractivity contribution < 1.29 is 22.1 Å². The molecule has 0 bridgehead atoms. The predicted molar refractivity (Wildman–Crippen MR) is 134 cm³/mol. The molecule has 33 heavy (non-hydrogen) atoms. The zero-order valence-corrected chi connectivity index (χ0v) is 20.8. The number of halogens is 1. The van der Waals surface area contributed by atoms with Crippen LogP contribution in [-0.2, 0) is 17.4 Å². The summed E-state index contributed by atoms with van der Waals surface area (Å²) in [4.78, 5) is 3.56. The van der Waals surface area contributed by atoms with Crippen molar-refractivity contribution in [3.8, 4) is 11.1 Å². The Balaban J connectivity index is 0.000000471. The van der Waals surface area contributed by atoms with E-state index >= 15 is 0 Å². The smallest absolute Gasteiger partial charge is 0.265 e. The maximum atomic E-state index is 8.63. The molecule has 170 valence electrons. The molecular weight excluding hydrogens is 500 g/mol. The van der Waals surface area contributed by atoms with Crippen molar-refractivity contribution in [2.24, 2.45) is 7.05 Å². The number of thioether (sulfide) groups is 1. The van der Waals surface area contributed by atoms with Gasteiger partial charge < -0.3 is 9.45 Å². The van der Waals surface area contributed by atoms with Crippen molar-refractivity contribution in [2.45, 2.75) is 4.90 Å². The minimum atomic E-state index is -4.92. The lowest BCUT2D eigenvalue weighted by Crippen LogP contribution is -2.29. The van der Waals surface area contributed by atoms with Crippen molar-refractivity contribution in [1.82, 2.24) is 0 Å². The summed E-state index contributed by atoms with van der Waals surface area (Å²) in [5, 5.41) is 3.22. The second-order valence-electron chi connectivity index (χ2n) is 7.23. The highest BCUT2D eigenvalue weighted by molar-refractivity contribution is 8.03. The van der Waals surface area contributed by atoms with E-state index in [1.54, 1.807) is 11.3 Å². The van der Waals surface area contributed by atoms with Gasteiger partial charge in [-0.05, 0) is 35.4 Å². The number of nitrogens with zero attached hydrogens (tertiary/aromatic N) is 2. The minimum Gasteiger partial charge on any atom is -0.726 e. The molecular formula is C23H19ClN2O4S3. The number of anilines is 1. The number of aryl methyl sites for hydroxylation is 1. The molecule has 1 aliphatic rings. The van der Waals surface area contributed by atoms with E-state index in [1.165, 1.54) is 42.0 Å². The van der Waals surface area contributed by atoms with Gasteiger partial charge in [0.25, 0.3) is 5.01 Å². The SMILES string of the molecule is CN1/C(=C/c2sc3cc(Cl)ccc3[n+]2C)Sc2cc(-c3ccccc3)ccc21.O=S(=O)([O-])O. The molecule has 3 aromatic carbocycles. The number of benzene rings is 3. The highest BCUT2D eigenvalue weighted by atomic mass is 35.5. The highest BCUT2D eigenvalue weighted by Gasteiger charge is 2.25. The lowest BCUT2D eigenvalue weighted by molar-refractivity contribution is -0.642. The fourth-order valence-electron chi connectivity index (χ4n) is 3.49. The summed E-state index contributed by atoms with van der Waals surface area (Å²) in [7, 11) is -0.670. The van der Waals surface area contributed by atoms with Gasteiger partial charge >= 0.3 is 0 Å². The van der Waals surface area contributed by atoms with Crippen molar-refractivity contribution in [1.29, 1.82) is 0 Å². The molecule has 4 aromatic rings. The molecule has 0 saturated heterocycles. The standard InChI is InChI=1S/C23H18ClN2S2.H2O4S/c1-25-18-10-8-16(15-6-4-3-5-7-15)12-20(18)27-22(25)14-23-26(2)19-11-9-17(24)13-21(19)28-23;1-5(2,3)4/h3-14H,1-2H3;(H2,1,2,3,4)/q+1;/p-1. The second-order valence-corrected chi connectivity index (χ2v) is 10.6. The van der Waals surface area contributed by atoms with Gasteiger partial charge in [0.15, 0.2) is 0 Å². The van der Waals surface area contributed by atoms with Crippen LogP contribution in [-0.4, -0.2) is 24.6 Å². The Labute approximate surface area is 205 Å². The quantitative estimate of drug-likeness (QED) is 0.211. The molecule has 0 spiro atoms. The molecule has 0 radical (unpaired) electrons. The van der Waals surface area contributed by atoms with Gasteiger partial charge in [0.1, 0.15) is 11.7 Å². The van der Waals surface area contributed by atoms with Gasteiger partial charge in [-0.25, -0.2) is 8.42 Å². The Hall–Kier alpha value is -2.40. The third kappa shape index (κ3) is 5.57. The average molecular weight is 519 g/mol. The summed E-state index contributed by atoms with van der Waals surface area (Å²) < 4.78 is 36.3. The Kier molecular flexibility index (Phi) is 6.81. The van der Waals surface area contributed by atoms with Gasteiger partial charge in [0.05, 0.1) is 16.8 Å². The molecule has 6 nitrogen and oxygen atoms in total. The van der Waals surface area contributed by atoms with Crippen molar-refractivity contribution in [3.63, 3.8) is 0 Å². The highest BCUT2D eigenvalue weighted by Crippen LogP contribution is 2.47. The largest absolute Gasteiger partial charge is 0.726 e. The fraction of sp³-hybridized carbons (Fsp3) is 0.0870. The van der Waals surface area contributed by atoms with Crippen LogP contribution >= 0.6 is 34.7 Å². The summed E-state index contributed by atoms with van der Waals surface area (Å²) in [6, 6.07) is 23.3. The number of aromatic nitrogens is 1. The van der Waals surface area contributed by atoms with Crippen molar-refractivity contribution in [2.75, 3.05) is 11.9 Å². The van der Waals surface area contributed by atoms with E-state index in [0.717, 1.165) is 5.02 Å². The van der Waals surface area contributed by atoms with Crippen LogP contribution < -0.4 is 9.47 Å². The number of rotatable bonds is 2. The zero-order valence-electron chi connectivity index (χ0n) is 17.6. The van der Waals surface area contributed by atoms with Gasteiger partial charge in [0.2, 0.25) is 15.9 Å². The molecule has 5 rings (SSSR count). The van der Waals surface area contributed by atoms with Gasteiger partial charge in [-0.3, -0.25) is 4.55 Å². The average Bonchev–Trinajstić information content (AvgIpc) is 3.23. The number of thiazole rings is 1. The van der Waals surface area contributed by atoms with Crippen LogP contribution in [0, 0.1) is 0 Å². The molecule has 1 aromatic heterocycles. The van der Waals surface area contributed by atoms with E-state index in [0.29, 0.717) is 0 Å². The number of hydrogen-bond acceptors (Lipinski definition) is 6. The van der Waals surface area contributed by atoms with Gasteiger partial charge in [-0.15, -0.1) is 0 Å². The van der Waals surface area contributed by atoms with Crippen LogP contribution in [0.2, 0.25) is 5.02 Å². The molecule has 1 N–H and O–H groups in total. The molecule has 0 saturated carbocycles. The molecule has 10 heteroatoms. The Bertz CT molecular complexity index is 1460. The maximum Gasteiger partial charge on any atom is 0.265 e. The first-order valence-corrected chi connectivity index (χ1v) is 13.1. The fourth-order valence-corrected chi connectivity index (χ4v) is 6.05. The summed E-state index contributed by atoms with van der Waals surface area (Å²) in [5.41, 5.74) is 4.96. The first-order chi connectivity index (χ1) is 15.6. The van der Waals surface area contributed by atoms with Crippen LogP contribution in [0.1, 0.15) is 5.01 Å². The summed E-state index contributed by atoms with van der Waals surface area (Å²) >= 11 is 9.76. The first-order valence-electron chi connectivity index (χ1n) is 9.69. The Morgan fingerprint density at radius 3 is 2.45 bits per heavy atom. The van der Waals surface area contributed by atoms with E-state index < -0.39 is 10.4 Å². The molecule has 0 aliphatic carbocycles. The molecule has 0 fully saturated rings. The number of fused-ring (bicyclic) bond motifs is 2. The summed E-state index contributed by atoms with van der Waals surface area (Å²) in [5.74, 6) is 0. The minimum absolute atomic E-state index is 0.779. The van der Waals surface area contributed by atoms with Crippen LogP contribution in [0.5, 0.6) is 0 Å². The van der Waals surface area contributed by atoms with Crippen LogP contribution in [0.4, 0.5) is 5.69 Å². The normalized spacial score (nSPS) is 14.3. The molecule has 0 atom stereocenters. The lowest BCUT2D eigenvalue weighted by Gasteiger charge is -2.13. The predicted octanol–water partition coefficient (Wildman–Crippen LogP) is 5.59. The summed E-state index contributed by atoms with van der Waals surface area (Å²) in [6.07, 6.45) is 2.27. The Morgan fingerprint density at radius 1 is 1.06 bits per heavy atom. The molecule has 0 unspecified atom stereocenters. The molecule has 2 heterocycles. The van der Waals surface area contributed by atoms with Crippen molar-refractivity contribution >= 4 is 67.1 Å². The summed E-state index contributed by atoms with van der Waals surface area (Å²) in [6.45, 7) is 0. The van der Waals surface area contributed by atoms with Gasteiger partial charge in [0, 0.05) is 23.0 Å².